The fourth-order valence-corrected chi connectivity index (χ4v) is 3.07. The van der Waals surface area contributed by atoms with Crippen molar-refractivity contribution < 1.29 is 4.79 Å². The zero-order valence-corrected chi connectivity index (χ0v) is 10.2. The van der Waals surface area contributed by atoms with E-state index in [2.05, 4.69) is 15.3 Å². The molecule has 2 aliphatic rings. The van der Waals surface area contributed by atoms with Crippen LogP contribution in [0, 0.1) is 17.8 Å². The fraction of sp³-hybridized carbons (Fsp3) is 0.583. The molecule has 0 bridgehead atoms. The van der Waals surface area contributed by atoms with Gasteiger partial charge in [-0.1, -0.05) is 24.4 Å². The van der Waals surface area contributed by atoms with Gasteiger partial charge in [-0.3, -0.25) is 4.79 Å². The first-order valence-corrected chi connectivity index (χ1v) is 6.42. The van der Waals surface area contributed by atoms with E-state index in [9.17, 15) is 4.79 Å². The predicted molar refractivity (Wildman–Crippen MR) is 64.6 cm³/mol. The Bertz CT molecular complexity index is 422. The van der Waals surface area contributed by atoms with E-state index in [1.165, 1.54) is 38.1 Å². The van der Waals surface area contributed by atoms with Gasteiger partial charge in [0, 0.05) is 5.92 Å². The van der Waals surface area contributed by atoms with Crippen molar-refractivity contribution in [2.24, 2.45) is 17.8 Å². The van der Waals surface area contributed by atoms with Gasteiger partial charge in [-0.25, -0.2) is 9.97 Å². The minimum Gasteiger partial charge on any atom is -0.309 e. The van der Waals surface area contributed by atoms with Crippen LogP contribution in [0.25, 0.3) is 0 Å². The summed E-state index contributed by atoms with van der Waals surface area (Å²) >= 11 is 5.64. The Kier molecular flexibility index (Phi) is 2.74. The number of aromatic nitrogens is 2. The zero-order chi connectivity index (χ0) is 11.8. The normalized spacial score (nSPS) is 30.5. The van der Waals surface area contributed by atoms with E-state index >= 15 is 0 Å². The van der Waals surface area contributed by atoms with Crippen LogP contribution in [0.1, 0.15) is 25.7 Å². The Balaban J connectivity index is 1.62. The molecule has 2 saturated carbocycles. The highest BCUT2D eigenvalue weighted by molar-refractivity contribution is 6.29. The van der Waals surface area contributed by atoms with Crippen molar-refractivity contribution in [2.75, 3.05) is 5.32 Å². The second-order valence-electron chi connectivity index (χ2n) is 4.85. The van der Waals surface area contributed by atoms with Gasteiger partial charge >= 0.3 is 0 Å². The number of hydrogen-bond acceptors (Lipinski definition) is 3. The Labute approximate surface area is 105 Å². The summed E-state index contributed by atoms with van der Waals surface area (Å²) in [5, 5.41) is 3.15. The van der Waals surface area contributed by atoms with Crippen molar-refractivity contribution in [3.8, 4) is 0 Å². The highest BCUT2D eigenvalue weighted by Crippen LogP contribution is 2.55. The molecule has 1 heterocycles. The number of nitrogens with zero attached hydrogens (tertiary/aromatic N) is 2. The first-order chi connectivity index (χ1) is 8.25. The molecule has 0 saturated heterocycles. The number of rotatable bonds is 2. The Morgan fingerprint density at radius 1 is 1.24 bits per heavy atom. The molecule has 0 aromatic carbocycles. The van der Waals surface area contributed by atoms with Crippen molar-refractivity contribution >= 4 is 23.3 Å². The average Bonchev–Trinajstić information content (AvgIpc) is 3.06. The first-order valence-electron chi connectivity index (χ1n) is 6.04. The Hall–Kier alpha value is -1.16. The predicted octanol–water partition coefficient (Wildman–Crippen LogP) is 2.50. The lowest BCUT2D eigenvalue weighted by Gasteiger charge is -2.04. The highest BCUT2D eigenvalue weighted by Gasteiger charge is 2.54. The number of hydrogen-bond donors (Lipinski definition) is 1. The number of amides is 1. The third-order valence-electron chi connectivity index (χ3n) is 3.83. The topological polar surface area (TPSA) is 54.9 Å². The number of anilines is 1. The average molecular weight is 252 g/mol. The van der Waals surface area contributed by atoms with Crippen molar-refractivity contribution in [3.63, 3.8) is 0 Å². The molecule has 0 radical (unpaired) electrons. The number of fused-ring (bicyclic) bond motifs is 1. The van der Waals surface area contributed by atoms with E-state index in [0.29, 0.717) is 22.8 Å². The van der Waals surface area contributed by atoms with Gasteiger partial charge in [0.1, 0.15) is 5.15 Å². The molecule has 90 valence electrons. The van der Waals surface area contributed by atoms with E-state index in [1.54, 1.807) is 0 Å². The van der Waals surface area contributed by atoms with Crippen LogP contribution < -0.4 is 5.32 Å². The molecule has 2 unspecified atom stereocenters. The van der Waals surface area contributed by atoms with Crippen molar-refractivity contribution in [3.05, 3.63) is 17.5 Å². The van der Waals surface area contributed by atoms with Gasteiger partial charge in [0.15, 0.2) is 5.82 Å². The Morgan fingerprint density at radius 3 is 2.53 bits per heavy atom. The number of nitrogens with one attached hydrogen (secondary N) is 1. The van der Waals surface area contributed by atoms with Gasteiger partial charge in [0.25, 0.3) is 0 Å². The van der Waals surface area contributed by atoms with Crippen LogP contribution in [0.3, 0.4) is 0 Å². The van der Waals surface area contributed by atoms with E-state index in [1.807, 2.05) is 0 Å². The molecule has 17 heavy (non-hydrogen) atoms. The third-order valence-corrected chi connectivity index (χ3v) is 4.03. The zero-order valence-electron chi connectivity index (χ0n) is 9.40. The van der Waals surface area contributed by atoms with Crippen molar-refractivity contribution in [1.82, 2.24) is 9.97 Å². The van der Waals surface area contributed by atoms with Gasteiger partial charge in [-0.2, -0.15) is 0 Å². The summed E-state index contributed by atoms with van der Waals surface area (Å²) in [6.07, 6.45) is 7.88. The molecule has 5 heteroatoms. The maximum absolute atomic E-state index is 12.0. The monoisotopic (exact) mass is 251 g/mol. The molecule has 1 aromatic heterocycles. The first kappa shape index (κ1) is 11.0. The van der Waals surface area contributed by atoms with Crippen LogP contribution in [-0.4, -0.2) is 15.9 Å². The van der Waals surface area contributed by atoms with E-state index in [-0.39, 0.29) is 11.8 Å². The van der Waals surface area contributed by atoms with Gasteiger partial charge in [0.2, 0.25) is 5.91 Å². The number of carbonyl (C=O) groups excluding carboxylic acids is 1. The van der Waals surface area contributed by atoms with E-state index < -0.39 is 0 Å². The fourth-order valence-electron chi connectivity index (χ4n) is 2.97. The maximum Gasteiger partial charge on any atom is 0.229 e. The third kappa shape index (κ3) is 2.14. The summed E-state index contributed by atoms with van der Waals surface area (Å²) in [5.41, 5.74) is 0. The van der Waals surface area contributed by atoms with Gasteiger partial charge < -0.3 is 5.32 Å². The minimum atomic E-state index is 0.0959. The quantitative estimate of drug-likeness (QED) is 0.879. The van der Waals surface area contributed by atoms with Crippen LogP contribution in [0.4, 0.5) is 5.82 Å². The SMILES string of the molecule is O=C(Nc1cnc(Cl)cn1)C1C2CCCCC21. The number of carbonyl (C=O) groups is 1. The van der Waals surface area contributed by atoms with Crippen molar-refractivity contribution in [1.29, 1.82) is 0 Å². The lowest BCUT2D eigenvalue weighted by atomic mass is 10.0. The molecule has 1 amide bonds. The van der Waals surface area contributed by atoms with Crippen LogP contribution in [0.15, 0.2) is 12.4 Å². The molecule has 1 aromatic rings. The van der Waals surface area contributed by atoms with Gasteiger partial charge in [-0.15, -0.1) is 0 Å². The Morgan fingerprint density at radius 2 is 1.94 bits per heavy atom. The number of halogens is 1. The van der Waals surface area contributed by atoms with Crippen molar-refractivity contribution in [2.45, 2.75) is 25.7 Å². The molecule has 2 fully saturated rings. The van der Waals surface area contributed by atoms with Crippen LogP contribution in [0.2, 0.25) is 5.15 Å². The molecule has 3 rings (SSSR count). The highest BCUT2D eigenvalue weighted by atomic mass is 35.5. The van der Waals surface area contributed by atoms with E-state index in [0.717, 1.165) is 0 Å². The summed E-state index contributed by atoms with van der Waals surface area (Å²) in [6.45, 7) is 0. The molecule has 1 N–H and O–H groups in total. The second kappa shape index (κ2) is 4.26. The summed E-state index contributed by atoms with van der Waals surface area (Å²) in [5.74, 6) is 2.02. The van der Waals surface area contributed by atoms with Crippen LogP contribution in [0.5, 0.6) is 0 Å². The molecule has 2 atom stereocenters. The summed E-state index contributed by atoms with van der Waals surface area (Å²) in [4.78, 5) is 19.9. The summed E-state index contributed by atoms with van der Waals surface area (Å²) < 4.78 is 0. The molecular formula is C12H14ClN3O. The van der Waals surface area contributed by atoms with E-state index in [4.69, 9.17) is 11.6 Å². The standard InChI is InChI=1S/C12H14ClN3O/c13-9-5-15-10(6-14-9)16-12(17)11-7-3-1-2-4-8(7)11/h5-8,11H,1-4H2,(H,15,16,17). The summed E-state index contributed by atoms with van der Waals surface area (Å²) in [7, 11) is 0. The van der Waals surface area contributed by atoms with Crippen LogP contribution in [-0.2, 0) is 4.79 Å². The lowest BCUT2D eigenvalue weighted by Crippen LogP contribution is -2.16. The molecular weight excluding hydrogens is 238 g/mol. The molecule has 0 spiro atoms. The van der Waals surface area contributed by atoms with Gasteiger partial charge in [-0.05, 0) is 24.7 Å². The largest absolute Gasteiger partial charge is 0.309 e. The molecule has 4 nitrogen and oxygen atoms in total. The summed E-state index contributed by atoms with van der Waals surface area (Å²) in [6, 6.07) is 0. The smallest absolute Gasteiger partial charge is 0.229 e. The maximum atomic E-state index is 12.0. The van der Waals surface area contributed by atoms with Crippen LogP contribution >= 0.6 is 11.6 Å². The van der Waals surface area contributed by atoms with Gasteiger partial charge in [0.05, 0.1) is 12.4 Å². The molecule has 0 aliphatic heterocycles. The minimum absolute atomic E-state index is 0.0959. The second-order valence-corrected chi connectivity index (χ2v) is 5.24. The lowest BCUT2D eigenvalue weighted by molar-refractivity contribution is -0.117. The molecule has 2 aliphatic carbocycles.